The largest absolute Gasteiger partial charge is 0.370 e. The van der Waals surface area contributed by atoms with Crippen molar-refractivity contribution in [3.05, 3.63) is 0 Å². The molecule has 2 rings (SSSR count). The molecule has 0 saturated carbocycles. The topological polar surface area (TPSA) is 53.6 Å². The lowest BCUT2D eigenvalue weighted by atomic mass is 9.86. The van der Waals surface area contributed by atoms with Crippen molar-refractivity contribution in [2.24, 2.45) is 22.6 Å². The van der Waals surface area contributed by atoms with E-state index in [0.29, 0.717) is 5.96 Å². The summed E-state index contributed by atoms with van der Waals surface area (Å²) >= 11 is 0. The number of nitrogens with zero attached hydrogens (tertiary/aromatic N) is 2. The summed E-state index contributed by atoms with van der Waals surface area (Å²) in [5.41, 5.74) is 5.81. The molecule has 2 bridgehead atoms. The van der Waals surface area contributed by atoms with Crippen LogP contribution in [-0.2, 0) is 0 Å². The Morgan fingerprint density at radius 2 is 2.00 bits per heavy atom. The zero-order valence-electron chi connectivity index (χ0n) is 8.16. The van der Waals surface area contributed by atoms with Crippen LogP contribution in [0.1, 0.15) is 6.42 Å². The van der Waals surface area contributed by atoms with Gasteiger partial charge in [0, 0.05) is 20.1 Å². The minimum atomic E-state index is 0.705. The molecule has 4 heteroatoms. The highest BCUT2D eigenvalue weighted by Crippen LogP contribution is 2.23. The summed E-state index contributed by atoms with van der Waals surface area (Å²) in [5.74, 6) is 2.25. The van der Waals surface area contributed by atoms with Gasteiger partial charge in [0.05, 0.1) is 0 Å². The van der Waals surface area contributed by atoms with Gasteiger partial charge in [0.2, 0.25) is 0 Å². The van der Waals surface area contributed by atoms with Crippen molar-refractivity contribution < 1.29 is 0 Å². The molecule has 0 aromatic heterocycles. The lowest BCUT2D eigenvalue weighted by Crippen LogP contribution is -2.54. The van der Waals surface area contributed by atoms with E-state index in [-0.39, 0.29) is 0 Å². The van der Waals surface area contributed by atoms with Crippen LogP contribution in [0.25, 0.3) is 0 Å². The third kappa shape index (κ3) is 1.77. The van der Waals surface area contributed by atoms with Crippen molar-refractivity contribution in [2.45, 2.75) is 6.42 Å². The van der Waals surface area contributed by atoms with Crippen LogP contribution in [-0.4, -0.2) is 44.1 Å². The van der Waals surface area contributed by atoms with Crippen molar-refractivity contribution in [1.82, 2.24) is 10.2 Å². The Kier molecular flexibility index (Phi) is 2.40. The zero-order chi connectivity index (χ0) is 9.26. The standard InChI is InChI=1S/C9H18N4/c1-11-9(10)13-5-7-2-8(6-13)4-12-3-7/h7-8,12H,2-6H2,1H3,(H2,10,11). The van der Waals surface area contributed by atoms with E-state index in [1.165, 1.54) is 6.42 Å². The minimum absolute atomic E-state index is 0.705. The molecule has 2 aliphatic heterocycles. The first-order valence-electron chi connectivity index (χ1n) is 4.97. The highest BCUT2D eigenvalue weighted by Gasteiger charge is 2.30. The van der Waals surface area contributed by atoms with Crippen molar-refractivity contribution >= 4 is 5.96 Å². The predicted molar refractivity (Wildman–Crippen MR) is 53.6 cm³/mol. The summed E-state index contributed by atoms with van der Waals surface area (Å²) in [7, 11) is 1.76. The fourth-order valence-electron chi connectivity index (χ4n) is 2.43. The van der Waals surface area contributed by atoms with E-state index >= 15 is 0 Å². The molecular weight excluding hydrogens is 164 g/mol. The van der Waals surface area contributed by atoms with Crippen LogP contribution >= 0.6 is 0 Å². The molecule has 0 radical (unpaired) electrons. The van der Waals surface area contributed by atoms with Crippen LogP contribution in [0.5, 0.6) is 0 Å². The maximum atomic E-state index is 5.81. The monoisotopic (exact) mass is 182 g/mol. The highest BCUT2D eigenvalue weighted by atomic mass is 15.3. The predicted octanol–water partition coefficient (Wildman–Crippen LogP) is -0.528. The quantitative estimate of drug-likeness (QED) is 0.391. The van der Waals surface area contributed by atoms with Gasteiger partial charge in [-0.05, 0) is 31.3 Å². The van der Waals surface area contributed by atoms with Gasteiger partial charge in [0.25, 0.3) is 0 Å². The van der Waals surface area contributed by atoms with Gasteiger partial charge in [0.1, 0.15) is 0 Å². The van der Waals surface area contributed by atoms with Crippen LogP contribution in [0.2, 0.25) is 0 Å². The Labute approximate surface area is 79.2 Å². The molecule has 2 saturated heterocycles. The Morgan fingerprint density at radius 3 is 2.54 bits per heavy atom. The van der Waals surface area contributed by atoms with Gasteiger partial charge in [-0.25, -0.2) is 0 Å². The zero-order valence-corrected chi connectivity index (χ0v) is 8.16. The first-order valence-corrected chi connectivity index (χ1v) is 4.97. The second-order valence-electron chi connectivity index (χ2n) is 4.11. The lowest BCUT2D eigenvalue weighted by molar-refractivity contribution is 0.149. The molecule has 0 spiro atoms. The average Bonchev–Trinajstić information content (AvgIpc) is 2.16. The number of aliphatic imine (C=N–C) groups is 1. The summed E-state index contributed by atoms with van der Waals surface area (Å²) < 4.78 is 0. The number of nitrogens with two attached hydrogens (primary N) is 1. The summed E-state index contributed by atoms with van der Waals surface area (Å²) in [6.07, 6.45) is 1.36. The molecular formula is C9H18N4. The Morgan fingerprint density at radius 1 is 1.38 bits per heavy atom. The maximum Gasteiger partial charge on any atom is 0.190 e. The molecule has 2 atom stereocenters. The van der Waals surface area contributed by atoms with Crippen molar-refractivity contribution in [2.75, 3.05) is 33.2 Å². The second-order valence-corrected chi connectivity index (χ2v) is 4.11. The number of hydrogen-bond acceptors (Lipinski definition) is 2. The van der Waals surface area contributed by atoms with Gasteiger partial charge >= 0.3 is 0 Å². The van der Waals surface area contributed by atoms with E-state index in [1.807, 2.05) is 0 Å². The first kappa shape index (κ1) is 8.81. The third-order valence-electron chi connectivity index (χ3n) is 3.04. The molecule has 0 aromatic rings. The summed E-state index contributed by atoms with van der Waals surface area (Å²) in [4.78, 5) is 6.26. The molecule has 2 aliphatic rings. The number of rotatable bonds is 0. The minimum Gasteiger partial charge on any atom is -0.370 e. The van der Waals surface area contributed by atoms with Gasteiger partial charge in [-0.3, -0.25) is 4.99 Å². The van der Waals surface area contributed by atoms with Crippen LogP contribution in [0.4, 0.5) is 0 Å². The van der Waals surface area contributed by atoms with Crippen LogP contribution in [0, 0.1) is 11.8 Å². The smallest absolute Gasteiger partial charge is 0.190 e. The van der Waals surface area contributed by atoms with E-state index in [0.717, 1.165) is 38.0 Å². The van der Waals surface area contributed by atoms with Gasteiger partial charge in [-0.2, -0.15) is 0 Å². The molecule has 0 amide bonds. The Hall–Kier alpha value is -0.770. The Bertz CT molecular complexity index is 202. The van der Waals surface area contributed by atoms with Crippen LogP contribution < -0.4 is 11.1 Å². The van der Waals surface area contributed by atoms with Gasteiger partial charge in [0.15, 0.2) is 5.96 Å². The average molecular weight is 182 g/mol. The Balaban J connectivity index is 2.01. The number of hydrogen-bond donors (Lipinski definition) is 2. The molecule has 4 nitrogen and oxygen atoms in total. The molecule has 13 heavy (non-hydrogen) atoms. The van der Waals surface area contributed by atoms with Crippen LogP contribution in [0.3, 0.4) is 0 Å². The van der Waals surface area contributed by atoms with E-state index in [4.69, 9.17) is 5.73 Å². The number of piperidine rings is 2. The second kappa shape index (κ2) is 3.54. The third-order valence-corrected chi connectivity index (χ3v) is 3.04. The van der Waals surface area contributed by atoms with Gasteiger partial charge < -0.3 is 16.0 Å². The molecule has 2 fully saturated rings. The molecule has 74 valence electrons. The fraction of sp³-hybridized carbons (Fsp3) is 0.889. The number of likely N-dealkylation sites (tertiary alicyclic amines) is 1. The number of guanidine groups is 1. The van der Waals surface area contributed by atoms with E-state index in [9.17, 15) is 0 Å². The summed E-state index contributed by atoms with van der Waals surface area (Å²) in [5, 5.41) is 3.46. The molecule has 3 N–H and O–H groups in total. The highest BCUT2D eigenvalue weighted by molar-refractivity contribution is 5.78. The summed E-state index contributed by atoms with van der Waals surface area (Å²) in [6.45, 7) is 4.44. The van der Waals surface area contributed by atoms with E-state index in [1.54, 1.807) is 7.05 Å². The fourth-order valence-corrected chi connectivity index (χ4v) is 2.43. The normalized spacial score (nSPS) is 34.8. The summed E-state index contributed by atoms with van der Waals surface area (Å²) in [6, 6.07) is 0. The van der Waals surface area contributed by atoms with E-state index in [2.05, 4.69) is 15.2 Å². The lowest BCUT2D eigenvalue weighted by Gasteiger charge is -2.42. The first-order chi connectivity index (χ1) is 6.29. The molecule has 0 aromatic carbocycles. The van der Waals surface area contributed by atoms with Gasteiger partial charge in [-0.15, -0.1) is 0 Å². The van der Waals surface area contributed by atoms with Crippen molar-refractivity contribution in [3.63, 3.8) is 0 Å². The molecule has 2 heterocycles. The van der Waals surface area contributed by atoms with Crippen molar-refractivity contribution in [3.8, 4) is 0 Å². The van der Waals surface area contributed by atoms with E-state index < -0.39 is 0 Å². The number of fused-ring (bicyclic) bond motifs is 2. The van der Waals surface area contributed by atoms with Crippen molar-refractivity contribution in [1.29, 1.82) is 0 Å². The van der Waals surface area contributed by atoms with Crippen LogP contribution in [0.15, 0.2) is 4.99 Å². The molecule has 0 aliphatic carbocycles. The van der Waals surface area contributed by atoms with Gasteiger partial charge in [-0.1, -0.05) is 0 Å². The maximum absolute atomic E-state index is 5.81. The SMILES string of the molecule is CN=C(N)N1CC2CNCC(C2)C1. The molecule has 2 unspecified atom stereocenters. The number of nitrogens with one attached hydrogen (secondary N) is 1.